The third-order valence-electron chi connectivity index (χ3n) is 3.85. The summed E-state index contributed by atoms with van der Waals surface area (Å²) in [6.45, 7) is 0.922. The van der Waals surface area contributed by atoms with Crippen molar-refractivity contribution in [3.63, 3.8) is 0 Å². The lowest BCUT2D eigenvalue weighted by atomic mass is 10.2. The molecule has 1 atom stereocenters. The standard InChI is InChI=1S/C17H23NO3Si/c1-18(16-8-6-5-7-9-16)14-15-10-12-17(13-11-15)22(19-2,20-3)21-4/h5-13H,14H2,1-4H3/p+1. The van der Waals surface area contributed by atoms with E-state index in [-0.39, 0.29) is 0 Å². The molecule has 0 saturated carbocycles. The molecule has 1 N–H and O–H groups in total. The highest BCUT2D eigenvalue weighted by Gasteiger charge is 2.40. The lowest BCUT2D eigenvalue weighted by Crippen LogP contribution is -3.02. The zero-order valence-electron chi connectivity index (χ0n) is 13.6. The fourth-order valence-electron chi connectivity index (χ4n) is 2.56. The Balaban J connectivity index is 2.12. The quantitative estimate of drug-likeness (QED) is 0.777. The summed E-state index contributed by atoms with van der Waals surface area (Å²) in [5, 5.41) is 0.973. The van der Waals surface area contributed by atoms with E-state index in [1.165, 1.54) is 16.2 Å². The van der Waals surface area contributed by atoms with Crippen molar-refractivity contribution >= 4 is 19.7 Å². The van der Waals surface area contributed by atoms with Gasteiger partial charge in [0.2, 0.25) is 0 Å². The Bertz CT molecular complexity index is 562. The maximum Gasteiger partial charge on any atom is 0.536 e. The van der Waals surface area contributed by atoms with Crippen LogP contribution in [0.5, 0.6) is 0 Å². The molecule has 0 aliphatic carbocycles. The maximum atomic E-state index is 5.50. The molecule has 5 heteroatoms. The van der Waals surface area contributed by atoms with Gasteiger partial charge in [-0.2, -0.15) is 0 Å². The van der Waals surface area contributed by atoms with E-state index >= 15 is 0 Å². The minimum atomic E-state index is -2.73. The predicted molar refractivity (Wildman–Crippen MR) is 89.5 cm³/mol. The van der Waals surface area contributed by atoms with E-state index in [1.54, 1.807) is 21.3 Å². The molecule has 118 valence electrons. The first kappa shape index (κ1) is 16.9. The van der Waals surface area contributed by atoms with E-state index in [1.807, 2.05) is 18.2 Å². The van der Waals surface area contributed by atoms with Gasteiger partial charge in [-0.25, -0.2) is 0 Å². The monoisotopic (exact) mass is 318 g/mol. The van der Waals surface area contributed by atoms with Crippen molar-refractivity contribution in [2.75, 3.05) is 28.4 Å². The van der Waals surface area contributed by atoms with Crippen LogP contribution >= 0.6 is 0 Å². The Morgan fingerprint density at radius 3 is 1.86 bits per heavy atom. The van der Waals surface area contributed by atoms with E-state index < -0.39 is 8.80 Å². The number of quaternary nitrogens is 1. The van der Waals surface area contributed by atoms with Crippen LogP contribution in [0, 0.1) is 0 Å². The zero-order valence-corrected chi connectivity index (χ0v) is 14.6. The van der Waals surface area contributed by atoms with Gasteiger partial charge in [-0.1, -0.05) is 42.5 Å². The molecule has 2 rings (SSSR count). The SMILES string of the molecule is CO[Si](OC)(OC)c1ccc(C[NH+](C)c2ccccc2)cc1. The van der Waals surface area contributed by atoms with Gasteiger partial charge in [-0.3, -0.25) is 0 Å². The van der Waals surface area contributed by atoms with Crippen molar-refractivity contribution in [1.29, 1.82) is 0 Å². The Morgan fingerprint density at radius 1 is 0.818 bits per heavy atom. The van der Waals surface area contributed by atoms with Gasteiger partial charge < -0.3 is 18.2 Å². The van der Waals surface area contributed by atoms with Crippen LogP contribution in [0.4, 0.5) is 5.69 Å². The van der Waals surface area contributed by atoms with E-state index in [0.29, 0.717) is 0 Å². The van der Waals surface area contributed by atoms with Crippen molar-refractivity contribution in [2.45, 2.75) is 6.54 Å². The molecule has 0 aliphatic heterocycles. The zero-order chi connectivity index (χ0) is 16.0. The summed E-state index contributed by atoms with van der Waals surface area (Å²) in [7, 11) is 4.32. The van der Waals surface area contributed by atoms with Crippen LogP contribution in [0.2, 0.25) is 0 Å². The highest BCUT2D eigenvalue weighted by molar-refractivity contribution is 6.75. The van der Waals surface area contributed by atoms with E-state index in [0.717, 1.165) is 11.7 Å². The van der Waals surface area contributed by atoms with Crippen molar-refractivity contribution in [2.24, 2.45) is 0 Å². The van der Waals surface area contributed by atoms with Gasteiger partial charge in [0.05, 0.1) is 7.05 Å². The van der Waals surface area contributed by atoms with Crippen LogP contribution in [0.25, 0.3) is 0 Å². The molecular weight excluding hydrogens is 294 g/mol. The van der Waals surface area contributed by atoms with Gasteiger partial charge in [0.1, 0.15) is 12.2 Å². The molecule has 2 aromatic carbocycles. The summed E-state index contributed by atoms with van der Waals surface area (Å²) >= 11 is 0. The fourth-order valence-corrected chi connectivity index (χ4v) is 4.34. The Morgan fingerprint density at radius 2 is 1.36 bits per heavy atom. The summed E-state index contributed by atoms with van der Waals surface area (Å²) in [6, 6.07) is 18.8. The molecule has 0 radical (unpaired) electrons. The minimum Gasteiger partial charge on any atom is -0.373 e. The van der Waals surface area contributed by atoms with Crippen LogP contribution in [0.3, 0.4) is 0 Å². The lowest BCUT2D eigenvalue weighted by Gasteiger charge is -2.24. The van der Waals surface area contributed by atoms with Gasteiger partial charge in [0.15, 0.2) is 0 Å². The molecule has 22 heavy (non-hydrogen) atoms. The topological polar surface area (TPSA) is 32.1 Å². The summed E-state index contributed by atoms with van der Waals surface area (Å²) in [6.07, 6.45) is 0. The molecule has 0 fully saturated rings. The molecule has 0 amide bonds. The average molecular weight is 318 g/mol. The molecule has 0 aromatic heterocycles. The van der Waals surface area contributed by atoms with Crippen LogP contribution in [-0.4, -0.2) is 37.2 Å². The number of rotatable bonds is 7. The summed E-state index contributed by atoms with van der Waals surface area (Å²) in [4.78, 5) is 1.35. The highest BCUT2D eigenvalue weighted by atomic mass is 28.4. The highest BCUT2D eigenvalue weighted by Crippen LogP contribution is 2.08. The van der Waals surface area contributed by atoms with Gasteiger partial charge in [0, 0.05) is 32.1 Å². The average Bonchev–Trinajstić information content (AvgIpc) is 2.59. The van der Waals surface area contributed by atoms with Crippen molar-refractivity contribution in [3.05, 3.63) is 60.2 Å². The second kappa shape index (κ2) is 7.67. The van der Waals surface area contributed by atoms with E-state index in [9.17, 15) is 0 Å². The van der Waals surface area contributed by atoms with Gasteiger partial charge in [0.25, 0.3) is 0 Å². The molecular formula is C17H24NO3Si+. The molecule has 1 unspecified atom stereocenters. The second-order valence-electron chi connectivity index (χ2n) is 5.19. The summed E-state index contributed by atoms with van der Waals surface area (Å²) in [5.74, 6) is 0. The third-order valence-corrected chi connectivity index (χ3v) is 6.50. The Hall–Kier alpha value is -1.50. The number of nitrogens with one attached hydrogen (secondary N) is 1. The molecule has 0 saturated heterocycles. The lowest BCUT2D eigenvalue weighted by molar-refractivity contribution is -0.825. The van der Waals surface area contributed by atoms with Crippen molar-refractivity contribution in [3.8, 4) is 0 Å². The molecule has 0 aliphatic rings. The summed E-state index contributed by atoms with van der Waals surface area (Å²) in [5.41, 5.74) is 2.54. The first-order valence-corrected chi connectivity index (χ1v) is 9.00. The largest absolute Gasteiger partial charge is 0.536 e. The minimum absolute atomic E-state index is 0.922. The Kier molecular flexibility index (Phi) is 5.88. The second-order valence-corrected chi connectivity index (χ2v) is 8.10. The number of para-hydroxylation sites is 1. The number of hydrogen-bond acceptors (Lipinski definition) is 3. The smallest absolute Gasteiger partial charge is 0.373 e. The Labute approximate surface area is 133 Å². The summed E-state index contributed by atoms with van der Waals surface area (Å²) < 4.78 is 16.5. The van der Waals surface area contributed by atoms with Crippen LogP contribution in [0.15, 0.2) is 54.6 Å². The molecule has 2 aromatic rings. The van der Waals surface area contributed by atoms with Gasteiger partial charge in [-0.15, -0.1) is 0 Å². The predicted octanol–water partition coefficient (Wildman–Crippen LogP) is 1.12. The third kappa shape index (κ3) is 3.63. The van der Waals surface area contributed by atoms with Gasteiger partial charge in [-0.05, 0) is 12.1 Å². The van der Waals surface area contributed by atoms with Crippen LogP contribution < -0.4 is 10.1 Å². The molecule has 0 bridgehead atoms. The first-order valence-electron chi connectivity index (χ1n) is 7.28. The molecule has 0 heterocycles. The van der Waals surface area contributed by atoms with E-state index in [2.05, 4.69) is 43.4 Å². The molecule has 4 nitrogen and oxygen atoms in total. The molecule has 0 spiro atoms. The van der Waals surface area contributed by atoms with Crippen LogP contribution in [-0.2, 0) is 19.8 Å². The van der Waals surface area contributed by atoms with Crippen molar-refractivity contribution < 1.29 is 18.2 Å². The fraction of sp³-hybridized carbons (Fsp3) is 0.294. The number of hydrogen-bond donors (Lipinski definition) is 1. The number of benzene rings is 2. The van der Waals surface area contributed by atoms with Crippen LogP contribution in [0.1, 0.15) is 5.56 Å². The van der Waals surface area contributed by atoms with Gasteiger partial charge >= 0.3 is 8.80 Å². The van der Waals surface area contributed by atoms with E-state index in [4.69, 9.17) is 13.3 Å². The normalized spacial score (nSPS) is 13.1. The van der Waals surface area contributed by atoms with Crippen molar-refractivity contribution in [1.82, 2.24) is 0 Å². The maximum absolute atomic E-state index is 5.50. The first-order chi connectivity index (χ1) is 10.6.